The van der Waals surface area contributed by atoms with Crippen LogP contribution in [0.15, 0.2) is 59.6 Å². The molecule has 2 N–H and O–H groups in total. The van der Waals surface area contributed by atoms with Gasteiger partial charge < -0.3 is 10.6 Å². The number of nitrogens with zero attached hydrogens (tertiary/aromatic N) is 2. The summed E-state index contributed by atoms with van der Waals surface area (Å²) in [6.07, 6.45) is 1.64. The molecule has 0 aliphatic rings. The van der Waals surface area contributed by atoms with Crippen LogP contribution in [0.3, 0.4) is 0 Å². The third-order valence-corrected chi connectivity index (χ3v) is 5.20. The van der Waals surface area contributed by atoms with Crippen molar-refractivity contribution in [3.05, 3.63) is 65.9 Å². The fraction of sp³-hybridized carbons (Fsp3) is 0.111. The molecule has 0 saturated carbocycles. The van der Waals surface area contributed by atoms with Crippen LogP contribution in [-0.2, 0) is 9.05 Å². The summed E-state index contributed by atoms with van der Waals surface area (Å²) >= 11 is 0. The first-order valence-corrected chi connectivity index (χ1v) is 10.1. The van der Waals surface area contributed by atoms with Crippen LogP contribution in [0.1, 0.15) is 11.1 Å². The van der Waals surface area contributed by atoms with E-state index in [4.69, 9.17) is 10.7 Å². The molecule has 3 aromatic rings. The second-order valence-corrected chi connectivity index (χ2v) is 8.34. The van der Waals surface area contributed by atoms with Gasteiger partial charge in [0.05, 0.1) is 4.90 Å². The van der Waals surface area contributed by atoms with Crippen molar-refractivity contribution in [3.63, 3.8) is 0 Å². The molecule has 0 spiro atoms. The highest BCUT2D eigenvalue weighted by Crippen LogP contribution is 2.21. The van der Waals surface area contributed by atoms with E-state index in [0.717, 1.165) is 5.69 Å². The average Bonchev–Trinajstić information content (AvgIpc) is 2.58. The van der Waals surface area contributed by atoms with Crippen LogP contribution in [0.5, 0.6) is 0 Å². The first-order chi connectivity index (χ1) is 12.3. The summed E-state index contributed by atoms with van der Waals surface area (Å²) < 4.78 is 22.6. The highest BCUT2D eigenvalue weighted by atomic mass is 35.7. The van der Waals surface area contributed by atoms with Crippen LogP contribution < -0.4 is 10.6 Å². The molecule has 0 radical (unpaired) electrons. The Bertz CT molecular complexity index is 1040. The van der Waals surface area contributed by atoms with Gasteiger partial charge in [-0.3, -0.25) is 0 Å². The third kappa shape index (κ3) is 4.50. The van der Waals surface area contributed by atoms with Gasteiger partial charge in [0, 0.05) is 28.3 Å². The fourth-order valence-corrected chi connectivity index (χ4v) is 3.06. The SMILES string of the molecule is Cc1ccc(Nc2ccnc(Nc3ccc(S(=O)(=O)Cl)cc3)n2)cc1C. The number of hydrogen-bond acceptors (Lipinski definition) is 6. The van der Waals surface area contributed by atoms with E-state index >= 15 is 0 Å². The van der Waals surface area contributed by atoms with Crippen molar-refractivity contribution in [2.45, 2.75) is 18.7 Å². The number of aryl methyl sites for hydroxylation is 2. The lowest BCUT2D eigenvalue weighted by Crippen LogP contribution is -2.01. The van der Waals surface area contributed by atoms with Crippen LogP contribution in [0.25, 0.3) is 0 Å². The monoisotopic (exact) mass is 388 g/mol. The van der Waals surface area contributed by atoms with Gasteiger partial charge in [-0.1, -0.05) is 6.07 Å². The van der Waals surface area contributed by atoms with Crippen molar-refractivity contribution in [1.82, 2.24) is 9.97 Å². The summed E-state index contributed by atoms with van der Waals surface area (Å²) in [5.74, 6) is 1.03. The lowest BCUT2D eigenvalue weighted by molar-refractivity contribution is 0.609. The van der Waals surface area contributed by atoms with Crippen LogP contribution >= 0.6 is 10.7 Å². The molecular formula is C18H17ClN4O2S. The molecule has 0 aliphatic heterocycles. The van der Waals surface area contributed by atoms with Crippen molar-refractivity contribution in [2.24, 2.45) is 0 Å². The molecule has 0 fully saturated rings. The van der Waals surface area contributed by atoms with E-state index < -0.39 is 9.05 Å². The number of rotatable bonds is 5. The van der Waals surface area contributed by atoms with E-state index in [0.29, 0.717) is 17.5 Å². The summed E-state index contributed by atoms with van der Waals surface area (Å²) in [6.45, 7) is 4.12. The van der Waals surface area contributed by atoms with Gasteiger partial charge in [0.1, 0.15) is 5.82 Å². The van der Waals surface area contributed by atoms with Gasteiger partial charge in [-0.25, -0.2) is 13.4 Å². The Labute approximate surface area is 156 Å². The number of halogens is 1. The standard InChI is InChI=1S/C18H17ClN4O2S/c1-12-3-4-15(11-13(12)2)21-17-9-10-20-18(23-17)22-14-5-7-16(8-6-14)26(19,24)25/h3-11H,1-2H3,(H2,20,21,22,23). The van der Waals surface area contributed by atoms with E-state index in [-0.39, 0.29) is 4.90 Å². The van der Waals surface area contributed by atoms with Crippen molar-refractivity contribution in [2.75, 3.05) is 10.6 Å². The summed E-state index contributed by atoms with van der Waals surface area (Å²) in [7, 11) is 1.57. The van der Waals surface area contributed by atoms with Crippen LogP contribution in [0.2, 0.25) is 0 Å². The van der Waals surface area contributed by atoms with Gasteiger partial charge >= 0.3 is 0 Å². The zero-order chi connectivity index (χ0) is 18.7. The predicted molar refractivity (Wildman–Crippen MR) is 104 cm³/mol. The van der Waals surface area contributed by atoms with E-state index in [1.807, 2.05) is 12.1 Å². The van der Waals surface area contributed by atoms with Gasteiger partial charge in [-0.2, -0.15) is 4.98 Å². The zero-order valence-corrected chi connectivity index (χ0v) is 15.8. The number of aromatic nitrogens is 2. The van der Waals surface area contributed by atoms with Gasteiger partial charge in [0.15, 0.2) is 0 Å². The van der Waals surface area contributed by atoms with Crippen molar-refractivity contribution < 1.29 is 8.42 Å². The largest absolute Gasteiger partial charge is 0.340 e. The summed E-state index contributed by atoms with van der Waals surface area (Å²) in [4.78, 5) is 8.62. The Morgan fingerprint density at radius 3 is 2.23 bits per heavy atom. The highest BCUT2D eigenvalue weighted by Gasteiger charge is 2.09. The molecule has 0 aliphatic carbocycles. The van der Waals surface area contributed by atoms with Crippen LogP contribution in [0.4, 0.5) is 23.1 Å². The molecule has 1 aromatic heterocycles. The minimum atomic E-state index is -3.74. The Kier molecular flexibility index (Phi) is 5.11. The fourth-order valence-electron chi connectivity index (χ4n) is 2.29. The molecule has 2 aromatic carbocycles. The van der Waals surface area contributed by atoms with E-state index in [1.165, 1.54) is 23.3 Å². The summed E-state index contributed by atoms with van der Waals surface area (Å²) in [5, 5.41) is 6.27. The Morgan fingerprint density at radius 2 is 1.58 bits per heavy atom. The molecule has 0 unspecified atom stereocenters. The Balaban J connectivity index is 1.75. The maximum atomic E-state index is 11.3. The number of anilines is 4. The van der Waals surface area contributed by atoms with Gasteiger partial charge in [-0.05, 0) is 67.4 Å². The maximum Gasteiger partial charge on any atom is 0.261 e. The second-order valence-electron chi connectivity index (χ2n) is 5.78. The molecule has 0 bridgehead atoms. The molecule has 134 valence electrons. The molecule has 0 saturated heterocycles. The zero-order valence-electron chi connectivity index (χ0n) is 14.2. The maximum absolute atomic E-state index is 11.3. The van der Waals surface area contributed by atoms with Gasteiger partial charge in [0.2, 0.25) is 5.95 Å². The number of benzene rings is 2. The molecule has 1 heterocycles. The molecule has 0 atom stereocenters. The van der Waals surface area contributed by atoms with E-state index in [2.05, 4.69) is 40.5 Å². The average molecular weight is 389 g/mol. The van der Waals surface area contributed by atoms with Gasteiger partial charge in [-0.15, -0.1) is 0 Å². The van der Waals surface area contributed by atoms with E-state index in [9.17, 15) is 8.42 Å². The molecule has 3 rings (SSSR count). The second kappa shape index (κ2) is 7.31. The molecule has 0 amide bonds. The number of hydrogen-bond donors (Lipinski definition) is 2. The number of nitrogens with one attached hydrogen (secondary N) is 2. The third-order valence-electron chi connectivity index (χ3n) is 3.83. The highest BCUT2D eigenvalue weighted by molar-refractivity contribution is 8.13. The Morgan fingerprint density at radius 1 is 0.885 bits per heavy atom. The van der Waals surface area contributed by atoms with Gasteiger partial charge in [0.25, 0.3) is 9.05 Å². The van der Waals surface area contributed by atoms with Crippen molar-refractivity contribution >= 4 is 42.9 Å². The Hall–Kier alpha value is -2.64. The normalized spacial score (nSPS) is 11.2. The summed E-state index contributed by atoms with van der Waals surface area (Å²) in [5.41, 5.74) is 4.01. The smallest absolute Gasteiger partial charge is 0.261 e. The minimum absolute atomic E-state index is 0.0378. The quantitative estimate of drug-likeness (QED) is 0.625. The van der Waals surface area contributed by atoms with Crippen molar-refractivity contribution in [3.8, 4) is 0 Å². The molecule has 8 heteroatoms. The molecule has 6 nitrogen and oxygen atoms in total. The molecule has 26 heavy (non-hydrogen) atoms. The molecular weight excluding hydrogens is 372 g/mol. The van der Waals surface area contributed by atoms with Crippen molar-refractivity contribution in [1.29, 1.82) is 0 Å². The van der Waals surface area contributed by atoms with E-state index in [1.54, 1.807) is 24.4 Å². The predicted octanol–water partition coefficient (Wildman–Crippen LogP) is 4.51. The first-order valence-electron chi connectivity index (χ1n) is 7.80. The minimum Gasteiger partial charge on any atom is -0.340 e. The van der Waals surface area contributed by atoms with Crippen LogP contribution in [0, 0.1) is 13.8 Å². The topological polar surface area (TPSA) is 84.0 Å². The lowest BCUT2D eigenvalue weighted by Gasteiger charge is -2.10. The summed E-state index contributed by atoms with van der Waals surface area (Å²) in [6, 6.07) is 13.9. The lowest BCUT2D eigenvalue weighted by atomic mass is 10.1. The first kappa shape index (κ1) is 18.2. The van der Waals surface area contributed by atoms with Crippen LogP contribution in [-0.4, -0.2) is 18.4 Å².